The third-order valence-corrected chi connectivity index (χ3v) is 5.21. The molecule has 0 atom stereocenters. The Balaban J connectivity index is 1.45. The molecule has 0 bridgehead atoms. The van der Waals surface area contributed by atoms with E-state index in [1.54, 1.807) is 24.3 Å². The van der Waals surface area contributed by atoms with Gasteiger partial charge in [0, 0.05) is 56.0 Å². The molecule has 1 N–H and O–H groups in total. The molecule has 3 aromatic rings. The Morgan fingerprint density at radius 3 is 2.35 bits per heavy atom. The SMILES string of the molecule is CC(=O)Nc1cccc(C(=O)N2CCN(c3cc(-c4ccccc4)nc(C)n3)CC2)c1. The van der Waals surface area contributed by atoms with Crippen LogP contribution in [-0.4, -0.2) is 52.9 Å². The van der Waals surface area contributed by atoms with E-state index < -0.39 is 0 Å². The Morgan fingerprint density at radius 1 is 0.903 bits per heavy atom. The number of aromatic nitrogens is 2. The van der Waals surface area contributed by atoms with Gasteiger partial charge in [-0.2, -0.15) is 0 Å². The van der Waals surface area contributed by atoms with E-state index in [2.05, 4.69) is 20.2 Å². The molecular formula is C24H25N5O2. The zero-order valence-electron chi connectivity index (χ0n) is 17.7. The Bertz CT molecular complexity index is 1090. The van der Waals surface area contributed by atoms with E-state index in [0.717, 1.165) is 22.9 Å². The number of benzene rings is 2. The minimum absolute atomic E-state index is 0.0318. The van der Waals surface area contributed by atoms with Gasteiger partial charge in [0.2, 0.25) is 5.91 Å². The van der Waals surface area contributed by atoms with E-state index in [-0.39, 0.29) is 11.8 Å². The molecule has 0 spiro atoms. The van der Waals surface area contributed by atoms with Crippen LogP contribution in [0.3, 0.4) is 0 Å². The van der Waals surface area contributed by atoms with Gasteiger partial charge in [-0.05, 0) is 25.1 Å². The summed E-state index contributed by atoms with van der Waals surface area (Å²) in [6, 6.07) is 19.1. The highest BCUT2D eigenvalue weighted by Crippen LogP contribution is 2.23. The molecule has 0 saturated carbocycles. The zero-order valence-corrected chi connectivity index (χ0v) is 17.7. The number of carbonyl (C=O) groups is 2. The molecule has 7 heteroatoms. The molecule has 0 unspecified atom stereocenters. The van der Waals surface area contributed by atoms with Gasteiger partial charge in [-0.15, -0.1) is 0 Å². The summed E-state index contributed by atoms with van der Waals surface area (Å²) in [5.41, 5.74) is 3.16. The first kappa shape index (κ1) is 20.5. The van der Waals surface area contributed by atoms with Crippen LogP contribution in [0.1, 0.15) is 23.1 Å². The van der Waals surface area contributed by atoms with E-state index in [9.17, 15) is 9.59 Å². The lowest BCUT2D eigenvalue weighted by Gasteiger charge is -2.35. The van der Waals surface area contributed by atoms with Crippen molar-refractivity contribution in [3.63, 3.8) is 0 Å². The van der Waals surface area contributed by atoms with Gasteiger partial charge in [0.15, 0.2) is 0 Å². The number of rotatable bonds is 4. The van der Waals surface area contributed by atoms with E-state index in [4.69, 9.17) is 0 Å². The minimum atomic E-state index is -0.159. The number of amides is 2. The second-order valence-electron chi connectivity index (χ2n) is 7.57. The van der Waals surface area contributed by atoms with Crippen LogP contribution in [0.15, 0.2) is 60.7 Å². The maximum Gasteiger partial charge on any atom is 0.254 e. The molecule has 0 radical (unpaired) electrons. The van der Waals surface area contributed by atoms with Crippen molar-refractivity contribution in [1.29, 1.82) is 0 Å². The minimum Gasteiger partial charge on any atom is -0.353 e. The number of hydrogen-bond donors (Lipinski definition) is 1. The fourth-order valence-electron chi connectivity index (χ4n) is 3.73. The fraction of sp³-hybridized carbons (Fsp3) is 0.250. The maximum atomic E-state index is 12.9. The van der Waals surface area contributed by atoms with Crippen LogP contribution >= 0.6 is 0 Å². The van der Waals surface area contributed by atoms with Gasteiger partial charge in [-0.3, -0.25) is 9.59 Å². The number of nitrogens with one attached hydrogen (secondary N) is 1. The molecule has 7 nitrogen and oxygen atoms in total. The molecule has 4 rings (SSSR count). The summed E-state index contributed by atoms with van der Waals surface area (Å²) >= 11 is 0. The fourth-order valence-corrected chi connectivity index (χ4v) is 3.73. The average molecular weight is 415 g/mol. The number of piperazine rings is 1. The summed E-state index contributed by atoms with van der Waals surface area (Å²) in [4.78, 5) is 37.5. The lowest BCUT2D eigenvalue weighted by Crippen LogP contribution is -2.49. The van der Waals surface area contributed by atoms with Gasteiger partial charge in [0.1, 0.15) is 11.6 Å². The van der Waals surface area contributed by atoms with Gasteiger partial charge in [-0.1, -0.05) is 36.4 Å². The standard InChI is InChI=1S/C24H25N5O2/c1-17-25-22(19-7-4-3-5-8-19)16-23(26-17)28-11-13-29(14-12-28)24(31)20-9-6-10-21(15-20)27-18(2)30/h3-10,15-16H,11-14H2,1-2H3,(H,27,30). The van der Waals surface area contributed by atoms with E-state index in [1.807, 2.05) is 48.2 Å². The third-order valence-electron chi connectivity index (χ3n) is 5.21. The van der Waals surface area contributed by atoms with Crippen molar-refractivity contribution in [3.05, 3.63) is 72.1 Å². The predicted octanol–water partition coefficient (Wildman–Crippen LogP) is 3.37. The first-order valence-electron chi connectivity index (χ1n) is 10.3. The molecule has 1 aliphatic rings. The lowest BCUT2D eigenvalue weighted by atomic mass is 10.1. The highest BCUT2D eigenvalue weighted by atomic mass is 16.2. The van der Waals surface area contributed by atoms with Gasteiger partial charge >= 0.3 is 0 Å². The summed E-state index contributed by atoms with van der Waals surface area (Å²) in [6.07, 6.45) is 0. The average Bonchev–Trinajstić information content (AvgIpc) is 2.78. The highest BCUT2D eigenvalue weighted by molar-refractivity contribution is 5.97. The van der Waals surface area contributed by atoms with Crippen LogP contribution in [0, 0.1) is 6.92 Å². The van der Waals surface area contributed by atoms with Crippen molar-refractivity contribution in [3.8, 4) is 11.3 Å². The Kier molecular flexibility index (Phi) is 5.93. The Morgan fingerprint density at radius 2 is 1.65 bits per heavy atom. The number of anilines is 2. The topological polar surface area (TPSA) is 78.4 Å². The molecule has 158 valence electrons. The van der Waals surface area contributed by atoms with Crippen molar-refractivity contribution in [2.24, 2.45) is 0 Å². The molecule has 2 aromatic carbocycles. The molecule has 1 fully saturated rings. The van der Waals surface area contributed by atoms with Crippen molar-refractivity contribution < 1.29 is 9.59 Å². The largest absolute Gasteiger partial charge is 0.353 e. The number of carbonyl (C=O) groups excluding carboxylic acids is 2. The predicted molar refractivity (Wildman–Crippen MR) is 121 cm³/mol. The van der Waals surface area contributed by atoms with E-state index in [0.29, 0.717) is 37.4 Å². The Hall–Kier alpha value is -3.74. The monoisotopic (exact) mass is 415 g/mol. The molecule has 2 heterocycles. The molecule has 2 amide bonds. The summed E-state index contributed by atoms with van der Waals surface area (Å²) in [5.74, 6) is 1.42. The molecule has 1 saturated heterocycles. The van der Waals surface area contributed by atoms with Crippen molar-refractivity contribution >= 4 is 23.3 Å². The maximum absolute atomic E-state index is 12.9. The highest BCUT2D eigenvalue weighted by Gasteiger charge is 2.23. The van der Waals surface area contributed by atoms with Crippen LogP contribution in [0.2, 0.25) is 0 Å². The van der Waals surface area contributed by atoms with E-state index >= 15 is 0 Å². The number of hydrogen-bond acceptors (Lipinski definition) is 5. The van der Waals surface area contributed by atoms with Crippen LogP contribution in [0.4, 0.5) is 11.5 Å². The van der Waals surface area contributed by atoms with Crippen molar-refractivity contribution in [2.75, 3.05) is 36.4 Å². The first-order chi connectivity index (χ1) is 15.0. The lowest BCUT2D eigenvalue weighted by molar-refractivity contribution is -0.114. The van der Waals surface area contributed by atoms with Crippen LogP contribution in [-0.2, 0) is 4.79 Å². The molecule has 1 aliphatic heterocycles. The summed E-state index contributed by atoms with van der Waals surface area (Å²) < 4.78 is 0. The van der Waals surface area contributed by atoms with Crippen molar-refractivity contribution in [2.45, 2.75) is 13.8 Å². The van der Waals surface area contributed by atoms with Gasteiger partial charge in [-0.25, -0.2) is 9.97 Å². The quantitative estimate of drug-likeness (QED) is 0.707. The van der Waals surface area contributed by atoms with Crippen LogP contribution < -0.4 is 10.2 Å². The summed E-state index contributed by atoms with van der Waals surface area (Å²) in [6.45, 7) is 5.95. The normalized spacial score (nSPS) is 13.7. The smallest absolute Gasteiger partial charge is 0.254 e. The number of aryl methyl sites for hydroxylation is 1. The molecule has 0 aliphatic carbocycles. The molecular weight excluding hydrogens is 390 g/mol. The first-order valence-corrected chi connectivity index (χ1v) is 10.3. The van der Waals surface area contributed by atoms with E-state index in [1.165, 1.54) is 6.92 Å². The van der Waals surface area contributed by atoms with Gasteiger partial charge in [0.25, 0.3) is 5.91 Å². The second-order valence-corrected chi connectivity index (χ2v) is 7.57. The van der Waals surface area contributed by atoms with Gasteiger partial charge in [0.05, 0.1) is 5.69 Å². The third kappa shape index (κ3) is 4.88. The van der Waals surface area contributed by atoms with Crippen LogP contribution in [0.25, 0.3) is 11.3 Å². The zero-order chi connectivity index (χ0) is 21.8. The van der Waals surface area contributed by atoms with Crippen molar-refractivity contribution in [1.82, 2.24) is 14.9 Å². The Labute approximate surface area is 181 Å². The summed E-state index contributed by atoms with van der Waals surface area (Å²) in [7, 11) is 0. The molecule has 31 heavy (non-hydrogen) atoms. The number of nitrogens with zero attached hydrogens (tertiary/aromatic N) is 4. The summed E-state index contributed by atoms with van der Waals surface area (Å²) in [5, 5.41) is 2.72. The van der Waals surface area contributed by atoms with Gasteiger partial charge < -0.3 is 15.1 Å². The molecule has 1 aromatic heterocycles. The van der Waals surface area contributed by atoms with Crippen LogP contribution in [0.5, 0.6) is 0 Å². The second kappa shape index (κ2) is 8.95.